The average Bonchev–Trinajstić information content (AvgIpc) is 2.79. The zero-order valence-corrected chi connectivity index (χ0v) is 15.2. The molecule has 2 nitrogen and oxygen atoms in total. The van der Waals surface area contributed by atoms with Gasteiger partial charge in [-0.1, -0.05) is 31.9 Å². The highest BCUT2D eigenvalue weighted by Gasteiger charge is 2.23. The standard InChI is InChI=1S/C17H17Br2NO/c1-10-5-14(19)6-11(2)17(10)20-9-15-8-12-7-13(18)3-4-16(12)21-15/h3-7,15,20H,8-9H2,1-2H3. The largest absolute Gasteiger partial charge is 0.488 e. The highest BCUT2D eigenvalue weighted by atomic mass is 79.9. The summed E-state index contributed by atoms with van der Waals surface area (Å²) in [7, 11) is 0. The average molecular weight is 411 g/mol. The van der Waals surface area contributed by atoms with Crippen molar-refractivity contribution in [2.45, 2.75) is 26.4 Å². The SMILES string of the molecule is Cc1cc(Br)cc(C)c1NCC1Cc2cc(Br)ccc2O1. The van der Waals surface area contributed by atoms with Crippen LogP contribution in [0.4, 0.5) is 5.69 Å². The molecule has 0 saturated heterocycles. The molecule has 0 aromatic heterocycles. The van der Waals surface area contributed by atoms with Gasteiger partial charge in [0, 0.05) is 21.1 Å². The van der Waals surface area contributed by atoms with Crippen molar-refractivity contribution >= 4 is 37.5 Å². The van der Waals surface area contributed by atoms with Gasteiger partial charge in [-0.05, 0) is 60.9 Å². The molecule has 0 radical (unpaired) electrons. The molecule has 0 saturated carbocycles. The Kier molecular flexibility index (Phi) is 4.27. The van der Waals surface area contributed by atoms with Crippen LogP contribution in [0.5, 0.6) is 5.75 Å². The van der Waals surface area contributed by atoms with Gasteiger partial charge in [-0.2, -0.15) is 0 Å². The summed E-state index contributed by atoms with van der Waals surface area (Å²) in [6.45, 7) is 5.07. The van der Waals surface area contributed by atoms with Crippen molar-refractivity contribution in [3.8, 4) is 5.75 Å². The van der Waals surface area contributed by atoms with Gasteiger partial charge < -0.3 is 10.1 Å². The van der Waals surface area contributed by atoms with Crippen LogP contribution in [0.2, 0.25) is 0 Å². The van der Waals surface area contributed by atoms with Crippen molar-refractivity contribution in [3.63, 3.8) is 0 Å². The third-order valence-electron chi connectivity index (χ3n) is 3.77. The van der Waals surface area contributed by atoms with Crippen LogP contribution in [-0.2, 0) is 6.42 Å². The molecule has 1 heterocycles. The first-order chi connectivity index (χ1) is 10.0. The number of fused-ring (bicyclic) bond motifs is 1. The van der Waals surface area contributed by atoms with Crippen LogP contribution in [0.25, 0.3) is 0 Å². The van der Waals surface area contributed by atoms with E-state index in [2.05, 4.69) is 69.2 Å². The lowest BCUT2D eigenvalue weighted by atomic mass is 10.1. The Hall–Kier alpha value is -1.00. The maximum Gasteiger partial charge on any atom is 0.123 e. The molecule has 1 aliphatic rings. The highest BCUT2D eigenvalue weighted by molar-refractivity contribution is 9.10. The molecule has 1 aliphatic heterocycles. The maximum absolute atomic E-state index is 5.99. The van der Waals surface area contributed by atoms with Crippen molar-refractivity contribution in [1.29, 1.82) is 0 Å². The van der Waals surface area contributed by atoms with E-state index in [9.17, 15) is 0 Å². The Bertz CT molecular complexity index is 661. The fourth-order valence-corrected chi connectivity index (χ4v) is 3.90. The fourth-order valence-electron chi connectivity index (χ4n) is 2.81. The zero-order chi connectivity index (χ0) is 15.0. The molecule has 0 amide bonds. The summed E-state index contributed by atoms with van der Waals surface area (Å²) in [4.78, 5) is 0. The van der Waals surface area contributed by atoms with E-state index in [4.69, 9.17) is 4.74 Å². The molecule has 1 atom stereocenters. The minimum absolute atomic E-state index is 0.191. The van der Waals surface area contributed by atoms with E-state index in [-0.39, 0.29) is 6.10 Å². The smallest absolute Gasteiger partial charge is 0.123 e. The van der Waals surface area contributed by atoms with Crippen LogP contribution >= 0.6 is 31.9 Å². The van der Waals surface area contributed by atoms with Crippen LogP contribution in [0.3, 0.4) is 0 Å². The van der Waals surface area contributed by atoms with Crippen molar-refractivity contribution in [1.82, 2.24) is 0 Å². The molecular weight excluding hydrogens is 394 g/mol. The molecule has 3 rings (SSSR count). The maximum atomic E-state index is 5.99. The van der Waals surface area contributed by atoms with E-state index < -0.39 is 0 Å². The van der Waals surface area contributed by atoms with Crippen molar-refractivity contribution in [3.05, 3.63) is 56.0 Å². The molecule has 1 unspecified atom stereocenters. The van der Waals surface area contributed by atoms with Gasteiger partial charge >= 0.3 is 0 Å². The van der Waals surface area contributed by atoms with Gasteiger partial charge in [0.25, 0.3) is 0 Å². The van der Waals surface area contributed by atoms with Crippen LogP contribution in [-0.4, -0.2) is 12.6 Å². The zero-order valence-electron chi connectivity index (χ0n) is 12.0. The van der Waals surface area contributed by atoms with E-state index in [0.717, 1.165) is 27.7 Å². The summed E-state index contributed by atoms with van der Waals surface area (Å²) in [5.41, 5.74) is 4.99. The summed E-state index contributed by atoms with van der Waals surface area (Å²) < 4.78 is 8.23. The lowest BCUT2D eigenvalue weighted by Gasteiger charge is -2.17. The second-order valence-corrected chi connectivity index (χ2v) is 7.32. The van der Waals surface area contributed by atoms with Gasteiger partial charge in [-0.3, -0.25) is 0 Å². The van der Waals surface area contributed by atoms with E-state index in [1.54, 1.807) is 0 Å². The number of ether oxygens (including phenoxy) is 1. The predicted octanol–water partition coefficient (Wildman–Crippen LogP) is 5.24. The number of anilines is 1. The quantitative estimate of drug-likeness (QED) is 0.746. The Morgan fingerprint density at radius 1 is 1.10 bits per heavy atom. The molecule has 0 aliphatic carbocycles. The lowest BCUT2D eigenvalue weighted by Crippen LogP contribution is -2.24. The number of benzene rings is 2. The number of rotatable bonds is 3. The summed E-state index contributed by atoms with van der Waals surface area (Å²) in [5.74, 6) is 1.01. The molecule has 0 fully saturated rings. The number of halogens is 2. The van der Waals surface area contributed by atoms with Crippen molar-refractivity contribution < 1.29 is 4.74 Å². The van der Waals surface area contributed by atoms with E-state index >= 15 is 0 Å². The summed E-state index contributed by atoms with van der Waals surface area (Å²) in [6.07, 6.45) is 1.15. The summed E-state index contributed by atoms with van der Waals surface area (Å²) in [5, 5.41) is 3.54. The first kappa shape index (κ1) is 14.9. The van der Waals surface area contributed by atoms with Gasteiger partial charge in [-0.15, -0.1) is 0 Å². The number of hydrogen-bond acceptors (Lipinski definition) is 2. The topological polar surface area (TPSA) is 21.3 Å². The Labute approximate surface area is 142 Å². The molecule has 21 heavy (non-hydrogen) atoms. The van der Waals surface area contributed by atoms with Crippen LogP contribution in [0.1, 0.15) is 16.7 Å². The highest BCUT2D eigenvalue weighted by Crippen LogP contribution is 2.32. The fraction of sp³-hybridized carbons (Fsp3) is 0.294. The van der Waals surface area contributed by atoms with Gasteiger partial charge in [0.05, 0.1) is 6.54 Å². The third-order valence-corrected chi connectivity index (χ3v) is 4.72. The molecule has 0 spiro atoms. The minimum atomic E-state index is 0.191. The number of aryl methyl sites for hydroxylation is 2. The van der Waals surface area contributed by atoms with E-state index in [0.29, 0.717) is 0 Å². The van der Waals surface area contributed by atoms with Crippen LogP contribution in [0.15, 0.2) is 39.3 Å². The molecular formula is C17H17Br2NO. The van der Waals surface area contributed by atoms with Crippen molar-refractivity contribution in [2.24, 2.45) is 0 Å². The number of nitrogens with one attached hydrogen (secondary N) is 1. The lowest BCUT2D eigenvalue weighted by molar-refractivity contribution is 0.246. The van der Waals surface area contributed by atoms with Gasteiger partial charge in [0.15, 0.2) is 0 Å². The second kappa shape index (κ2) is 6.01. The van der Waals surface area contributed by atoms with E-state index in [1.165, 1.54) is 22.4 Å². The normalized spacial score (nSPS) is 16.5. The Morgan fingerprint density at radius 3 is 2.52 bits per heavy atom. The molecule has 2 aromatic rings. The van der Waals surface area contributed by atoms with Crippen LogP contribution in [0, 0.1) is 13.8 Å². The van der Waals surface area contributed by atoms with Gasteiger partial charge in [-0.25, -0.2) is 0 Å². The monoisotopic (exact) mass is 409 g/mol. The Balaban J connectivity index is 1.68. The third kappa shape index (κ3) is 3.27. The van der Waals surface area contributed by atoms with Gasteiger partial charge in [0.2, 0.25) is 0 Å². The predicted molar refractivity (Wildman–Crippen MR) is 94.4 cm³/mol. The minimum Gasteiger partial charge on any atom is -0.488 e. The molecule has 0 bridgehead atoms. The molecule has 2 aromatic carbocycles. The second-order valence-electron chi connectivity index (χ2n) is 5.49. The number of hydrogen-bond donors (Lipinski definition) is 1. The van der Waals surface area contributed by atoms with Gasteiger partial charge in [0.1, 0.15) is 11.9 Å². The molecule has 4 heteroatoms. The molecule has 110 valence electrons. The Morgan fingerprint density at radius 2 is 1.81 bits per heavy atom. The summed E-state index contributed by atoms with van der Waals surface area (Å²) in [6, 6.07) is 10.5. The van der Waals surface area contributed by atoms with E-state index in [1.807, 2.05) is 12.1 Å². The van der Waals surface area contributed by atoms with Crippen LogP contribution < -0.4 is 10.1 Å². The summed E-state index contributed by atoms with van der Waals surface area (Å²) >= 11 is 7.04. The first-order valence-electron chi connectivity index (χ1n) is 6.98. The van der Waals surface area contributed by atoms with Crippen molar-refractivity contribution in [2.75, 3.05) is 11.9 Å². The molecule has 1 N–H and O–H groups in total. The first-order valence-corrected chi connectivity index (χ1v) is 8.57.